The highest BCUT2D eigenvalue weighted by Crippen LogP contribution is 2.34. The molecule has 26 heavy (non-hydrogen) atoms. The molecule has 0 fully saturated rings. The maximum absolute atomic E-state index is 12.4. The number of benzene rings is 2. The van der Waals surface area contributed by atoms with E-state index in [0.717, 1.165) is 4.68 Å². The number of hydrogen-bond acceptors (Lipinski definition) is 4. The molecule has 0 aliphatic rings. The van der Waals surface area contributed by atoms with Crippen LogP contribution in [0.5, 0.6) is 5.75 Å². The first kappa shape index (κ1) is 18.2. The van der Waals surface area contributed by atoms with E-state index in [9.17, 15) is 9.59 Å². The van der Waals surface area contributed by atoms with Gasteiger partial charge in [-0.25, -0.2) is 4.79 Å². The van der Waals surface area contributed by atoms with E-state index < -0.39 is 11.2 Å². The molecule has 0 aliphatic heterocycles. The minimum Gasteiger partial charge on any atom is -0.487 e. The fraction of sp³-hybridized carbons (Fsp3) is 0.0556. The predicted molar refractivity (Wildman–Crippen MR) is 107 cm³/mol. The summed E-state index contributed by atoms with van der Waals surface area (Å²) in [6.07, 6.45) is 2.98. The maximum Gasteiger partial charge on any atom is 0.349 e. The molecule has 0 unspecified atom stereocenters. The lowest BCUT2D eigenvalue weighted by Crippen LogP contribution is -2.32. The third-order valence-corrected chi connectivity index (χ3v) is 4.34. The van der Waals surface area contributed by atoms with Gasteiger partial charge in [-0.15, -0.1) is 4.68 Å². The summed E-state index contributed by atoms with van der Waals surface area (Å²) in [6.45, 7) is 3.90. The molecule has 0 atom stereocenters. The van der Waals surface area contributed by atoms with Crippen LogP contribution in [-0.4, -0.2) is 22.5 Å². The second-order valence-electron chi connectivity index (χ2n) is 5.25. The second kappa shape index (κ2) is 7.72. The van der Waals surface area contributed by atoms with Gasteiger partial charge in [0.25, 0.3) is 5.56 Å². The summed E-state index contributed by atoms with van der Waals surface area (Å²) in [7, 11) is 0. The molecule has 3 aromatic rings. The van der Waals surface area contributed by atoms with E-state index in [1.54, 1.807) is 42.5 Å². The van der Waals surface area contributed by atoms with Crippen LogP contribution in [0.2, 0.25) is 5.02 Å². The van der Waals surface area contributed by atoms with Crippen LogP contribution in [0.3, 0.4) is 0 Å². The molecular formula is C18H13BrClN3O3. The molecule has 0 amide bonds. The summed E-state index contributed by atoms with van der Waals surface area (Å²) in [4.78, 5) is 27.2. The van der Waals surface area contributed by atoms with E-state index in [0.29, 0.717) is 38.3 Å². The van der Waals surface area contributed by atoms with E-state index >= 15 is 0 Å². The zero-order valence-electron chi connectivity index (χ0n) is 13.4. The van der Waals surface area contributed by atoms with Crippen molar-refractivity contribution in [1.82, 2.24) is 9.66 Å². The highest BCUT2D eigenvalue weighted by Gasteiger charge is 2.09. The number of rotatable bonds is 5. The molecule has 3 rings (SSSR count). The summed E-state index contributed by atoms with van der Waals surface area (Å²) >= 11 is 9.58. The Kier molecular flexibility index (Phi) is 5.39. The first-order valence-electron chi connectivity index (χ1n) is 7.52. The number of para-hydroxylation sites is 1. The average Bonchev–Trinajstić information content (AvgIpc) is 2.61. The van der Waals surface area contributed by atoms with Crippen LogP contribution in [0.15, 0.2) is 68.2 Å². The van der Waals surface area contributed by atoms with Gasteiger partial charge >= 0.3 is 5.69 Å². The minimum atomic E-state index is -0.624. The Balaban J connectivity index is 2.01. The van der Waals surface area contributed by atoms with Crippen molar-refractivity contribution in [3.05, 3.63) is 85.0 Å². The Morgan fingerprint density at radius 2 is 2.08 bits per heavy atom. The Labute approximate surface area is 161 Å². The Bertz CT molecular complexity index is 1110. The van der Waals surface area contributed by atoms with Gasteiger partial charge in [0.05, 0.1) is 26.6 Å². The largest absolute Gasteiger partial charge is 0.487 e. The molecule has 0 saturated carbocycles. The number of hydrogen-bond donors (Lipinski definition) is 1. The first-order chi connectivity index (χ1) is 12.5. The van der Waals surface area contributed by atoms with Crippen LogP contribution in [0.1, 0.15) is 5.56 Å². The molecule has 0 spiro atoms. The van der Waals surface area contributed by atoms with Crippen molar-refractivity contribution in [1.29, 1.82) is 0 Å². The molecule has 1 heterocycles. The number of H-pyrrole nitrogens is 1. The monoisotopic (exact) mass is 433 g/mol. The summed E-state index contributed by atoms with van der Waals surface area (Å²) < 4.78 is 6.86. The van der Waals surface area contributed by atoms with Crippen molar-refractivity contribution in [2.45, 2.75) is 0 Å². The van der Waals surface area contributed by atoms with Crippen molar-refractivity contribution >= 4 is 44.6 Å². The normalized spacial score (nSPS) is 11.2. The number of nitrogens with zero attached hydrogens (tertiary/aromatic N) is 2. The van der Waals surface area contributed by atoms with Crippen molar-refractivity contribution in [3.63, 3.8) is 0 Å². The number of halogens is 2. The van der Waals surface area contributed by atoms with Crippen LogP contribution in [-0.2, 0) is 0 Å². The number of ether oxygens (including phenoxy) is 1. The smallest absolute Gasteiger partial charge is 0.349 e. The lowest BCUT2D eigenvalue weighted by molar-refractivity contribution is 0.361. The predicted octanol–water partition coefficient (Wildman–Crippen LogP) is 3.55. The summed E-state index contributed by atoms with van der Waals surface area (Å²) in [5, 5.41) is 4.73. The maximum atomic E-state index is 12.4. The van der Waals surface area contributed by atoms with E-state index in [-0.39, 0.29) is 0 Å². The summed E-state index contributed by atoms with van der Waals surface area (Å²) in [5.74, 6) is 0.476. The van der Waals surface area contributed by atoms with E-state index in [2.05, 4.69) is 32.6 Å². The van der Waals surface area contributed by atoms with Crippen LogP contribution in [0, 0.1) is 0 Å². The fourth-order valence-corrected chi connectivity index (χ4v) is 3.31. The van der Waals surface area contributed by atoms with E-state index in [1.807, 2.05) is 0 Å². The van der Waals surface area contributed by atoms with Gasteiger partial charge < -0.3 is 9.72 Å². The van der Waals surface area contributed by atoms with E-state index in [1.165, 1.54) is 6.21 Å². The highest BCUT2D eigenvalue weighted by atomic mass is 79.9. The first-order valence-corrected chi connectivity index (χ1v) is 8.69. The lowest BCUT2D eigenvalue weighted by Gasteiger charge is -2.09. The minimum absolute atomic E-state index is 0.313. The van der Waals surface area contributed by atoms with Gasteiger partial charge in [-0.1, -0.05) is 36.4 Å². The molecule has 8 heteroatoms. The van der Waals surface area contributed by atoms with Crippen molar-refractivity contribution in [2.24, 2.45) is 5.10 Å². The van der Waals surface area contributed by atoms with Gasteiger partial charge in [0.1, 0.15) is 6.61 Å². The Morgan fingerprint density at radius 3 is 2.81 bits per heavy atom. The molecule has 6 nitrogen and oxygen atoms in total. The van der Waals surface area contributed by atoms with Gasteiger partial charge in [0, 0.05) is 0 Å². The van der Waals surface area contributed by atoms with Crippen LogP contribution < -0.4 is 16.0 Å². The van der Waals surface area contributed by atoms with Gasteiger partial charge in [0.2, 0.25) is 0 Å². The molecule has 1 aromatic heterocycles. The van der Waals surface area contributed by atoms with Crippen molar-refractivity contribution in [2.75, 3.05) is 6.61 Å². The number of aromatic amines is 1. The van der Waals surface area contributed by atoms with Gasteiger partial charge in [-0.2, -0.15) is 5.10 Å². The lowest BCUT2D eigenvalue weighted by atomic mass is 10.2. The Morgan fingerprint density at radius 1 is 1.31 bits per heavy atom. The quantitative estimate of drug-likeness (QED) is 0.493. The summed E-state index contributed by atoms with van der Waals surface area (Å²) in [5.41, 5.74) is -0.0755. The van der Waals surface area contributed by atoms with E-state index in [4.69, 9.17) is 16.3 Å². The average molecular weight is 435 g/mol. The molecule has 0 saturated heterocycles. The molecular weight excluding hydrogens is 422 g/mol. The van der Waals surface area contributed by atoms with Crippen LogP contribution >= 0.6 is 27.5 Å². The molecule has 2 aromatic carbocycles. The second-order valence-corrected chi connectivity index (χ2v) is 6.51. The third kappa shape index (κ3) is 3.63. The number of aromatic nitrogens is 2. The SMILES string of the molecule is C=CCOc1c(Cl)cc(C=Nn2c(=O)[nH]c3ccccc3c2=O)cc1Br. The van der Waals surface area contributed by atoms with Crippen molar-refractivity contribution < 1.29 is 4.74 Å². The third-order valence-electron chi connectivity index (χ3n) is 3.47. The molecule has 1 N–H and O–H groups in total. The number of nitrogens with one attached hydrogen (secondary N) is 1. The highest BCUT2D eigenvalue weighted by molar-refractivity contribution is 9.10. The fourth-order valence-electron chi connectivity index (χ4n) is 2.32. The summed E-state index contributed by atoms with van der Waals surface area (Å²) in [6, 6.07) is 10.1. The van der Waals surface area contributed by atoms with Crippen molar-refractivity contribution in [3.8, 4) is 5.75 Å². The Hall–Kier alpha value is -2.64. The molecule has 132 valence electrons. The van der Waals surface area contributed by atoms with Crippen LogP contribution in [0.25, 0.3) is 10.9 Å². The standard InChI is InChI=1S/C18H13BrClN3O3/c1-2-7-26-16-13(19)8-11(9-14(16)20)10-21-23-17(24)12-5-3-4-6-15(12)22-18(23)25/h2-6,8-10H,1,7H2,(H,22,25). The van der Waals surface area contributed by atoms with Gasteiger partial charge in [0.15, 0.2) is 5.75 Å². The molecule has 0 radical (unpaired) electrons. The number of fused-ring (bicyclic) bond motifs is 1. The zero-order valence-corrected chi connectivity index (χ0v) is 15.8. The van der Waals surface area contributed by atoms with Gasteiger partial charge in [-0.05, 0) is 45.8 Å². The molecule has 0 bridgehead atoms. The zero-order chi connectivity index (χ0) is 18.7. The van der Waals surface area contributed by atoms with Crippen LogP contribution in [0.4, 0.5) is 0 Å². The molecule has 0 aliphatic carbocycles. The topological polar surface area (TPSA) is 76.5 Å². The van der Waals surface area contributed by atoms with Gasteiger partial charge in [-0.3, -0.25) is 4.79 Å².